The third kappa shape index (κ3) is 3.89. The molecule has 1 N–H and O–H groups in total. The van der Waals surface area contributed by atoms with E-state index in [-0.39, 0.29) is 11.5 Å². The molecule has 4 heteroatoms. The second-order valence-electron chi connectivity index (χ2n) is 5.79. The Hall–Kier alpha value is -2.03. The fourth-order valence-corrected chi connectivity index (χ4v) is 3.06. The maximum absolute atomic E-state index is 12.7. The lowest BCUT2D eigenvalue weighted by Crippen LogP contribution is -2.12. The van der Waals surface area contributed by atoms with Crippen molar-refractivity contribution in [3.63, 3.8) is 0 Å². The summed E-state index contributed by atoms with van der Waals surface area (Å²) < 4.78 is 0. The van der Waals surface area contributed by atoms with Crippen molar-refractivity contribution in [1.82, 2.24) is 0 Å². The molecule has 3 rings (SSSR count). The second kappa shape index (κ2) is 7.25. The highest BCUT2D eigenvalue weighted by molar-refractivity contribution is 6.42. The summed E-state index contributed by atoms with van der Waals surface area (Å²) >= 11 is 12.0. The monoisotopic (exact) mass is 358 g/mol. The predicted molar refractivity (Wildman–Crippen MR) is 99.4 cm³/mol. The molecule has 2 aromatic carbocycles. The van der Waals surface area contributed by atoms with Crippen LogP contribution in [0.3, 0.4) is 0 Å². The number of aromatic hydroxyl groups is 1. The zero-order valence-electron chi connectivity index (χ0n) is 12.9. The van der Waals surface area contributed by atoms with Crippen molar-refractivity contribution in [2.24, 2.45) is 0 Å². The van der Waals surface area contributed by atoms with Gasteiger partial charge in [0.05, 0.1) is 10.0 Å². The van der Waals surface area contributed by atoms with Gasteiger partial charge >= 0.3 is 0 Å². The maximum Gasteiger partial charge on any atom is 0.185 e. The van der Waals surface area contributed by atoms with E-state index in [2.05, 4.69) is 0 Å². The highest BCUT2D eigenvalue weighted by Gasteiger charge is 2.20. The molecule has 0 aromatic heterocycles. The van der Waals surface area contributed by atoms with Crippen LogP contribution in [-0.4, -0.2) is 10.9 Å². The van der Waals surface area contributed by atoms with Crippen LogP contribution in [0.5, 0.6) is 5.75 Å². The van der Waals surface area contributed by atoms with E-state index in [9.17, 15) is 9.90 Å². The lowest BCUT2D eigenvalue weighted by Gasteiger charge is -2.16. The van der Waals surface area contributed by atoms with Crippen molar-refractivity contribution < 1.29 is 9.90 Å². The summed E-state index contributed by atoms with van der Waals surface area (Å²) in [4.78, 5) is 12.7. The number of rotatable bonds is 2. The van der Waals surface area contributed by atoms with Crippen LogP contribution >= 0.6 is 23.2 Å². The van der Waals surface area contributed by atoms with Gasteiger partial charge in [-0.15, -0.1) is 0 Å². The van der Waals surface area contributed by atoms with E-state index in [0.717, 1.165) is 41.5 Å². The number of carbonyl (C=O) groups excluding carboxylic acids is 1. The van der Waals surface area contributed by atoms with Gasteiger partial charge in [-0.3, -0.25) is 4.79 Å². The Morgan fingerprint density at radius 3 is 2.04 bits per heavy atom. The van der Waals surface area contributed by atoms with E-state index in [1.807, 2.05) is 18.2 Å². The van der Waals surface area contributed by atoms with Crippen LogP contribution in [0.2, 0.25) is 10.0 Å². The topological polar surface area (TPSA) is 37.3 Å². The molecule has 0 amide bonds. The van der Waals surface area contributed by atoms with E-state index in [4.69, 9.17) is 23.2 Å². The molecule has 0 aliphatic heterocycles. The Kier molecular flexibility index (Phi) is 5.08. The Labute approximate surface area is 151 Å². The number of phenolic OH excluding ortho intramolecular Hbond substituents is 1. The quantitative estimate of drug-likeness (QED) is 0.676. The summed E-state index contributed by atoms with van der Waals surface area (Å²) in [5, 5.41) is 10.3. The van der Waals surface area contributed by atoms with Crippen LogP contribution in [0.25, 0.3) is 12.2 Å². The number of ketones is 1. The van der Waals surface area contributed by atoms with Crippen LogP contribution in [0.4, 0.5) is 0 Å². The van der Waals surface area contributed by atoms with Gasteiger partial charge in [-0.05, 0) is 66.8 Å². The summed E-state index contributed by atoms with van der Waals surface area (Å²) in [7, 11) is 0. The predicted octanol–water partition coefficient (Wildman–Crippen LogP) is 5.92. The average molecular weight is 359 g/mol. The first-order valence-electron chi connectivity index (χ1n) is 7.73. The standard InChI is InChI=1S/C20H16Cl2O2/c21-18-9-6-14(12-19(18)22)11-16-3-1-2-15(20(16)24)10-13-4-7-17(23)8-5-13/h4-12,23H,1-3H2/b15-10-,16-11+. The number of hydrogen-bond acceptors (Lipinski definition) is 2. The first kappa shape index (κ1) is 16.8. The third-order valence-corrected chi connectivity index (χ3v) is 4.73. The van der Waals surface area contributed by atoms with E-state index in [0.29, 0.717) is 10.0 Å². The van der Waals surface area contributed by atoms with Gasteiger partial charge in [0.15, 0.2) is 5.78 Å². The zero-order chi connectivity index (χ0) is 17.1. The minimum Gasteiger partial charge on any atom is -0.508 e. The van der Waals surface area contributed by atoms with E-state index >= 15 is 0 Å². The highest BCUT2D eigenvalue weighted by Crippen LogP contribution is 2.30. The van der Waals surface area contributed by atoms with Gasteiger partial charge in [-0.25, -0.2) is 0 Å². The smallest absolute Gasteiger partial charge is 0.185 e. The van der Waals surface area contributed by atoms with Crippen molar-refractivity contribution in [3.05, 3.63) is 74.8 Å². The molecule has 2 aromatic rings. The van der Waals surface area contributed by atoms with Crippen LogP contribution < -0.4 is 0 Å². The zero-order valence-corrected chi connectivity index (χ0v) is 14.4. The van der Waals surface area contributed by atoms with E-state index in [1.54, 1.807) is 36.4 Å². The second-order valence-corrected chi connectivity index (χ2v) is 6.60. The van der Waals surface area contributed by atoms with Crippen LogP contribution in [0.15, 0.2) is 53.6 Å². The van der Waals surface area contributed by atoms with Gasteiger partial charge in [0.1, 0.15) is 5.75 Å². The SMILES string of the molecule is O=C1/C(=C\c2ccc(O)cc2)CCC/C1=C\c1ccc(Cl)c(Cl)c1. The van der Waals surface area contributed by atoms with Crippen molar-refractivity contribution in [2.45, 2.75) is 19.3 Å². The van der Waals surface area contributed by atoms with Gasteiger partial charge in [0, 0.05) is 11.1 Å². The summed E-state index contributed by atoms with van der Waals surface area (Å²) in [6.07, 6.45) is 6.23. The number of carbonyl (C=O) groups is 1. The molecule has 0 saturated heterocycles. The maximum atomic E-state index is 12.7. The van der Waals surface area contributed by atoms with Crippen LogP contribution in [0.1, 0.15) is 30.4 Å². The number of hydrogen-bond donors (Lipinski definition) is 1. The van der Waals surface area contributed by atoms with Crippen LogP contribution in [-0.2, 0) is 4.79 Å². The molecule has 0 bridgehead atoms. The van der Waals surface area contributed by atoms with Gasteiger partial charge in [-0.2, -0.15) is 0 Å². The first-order valence-corrected chi connectivity index (χ1v) is 8.48. The molecule has 0 atom stereocenters. The van der Waals surface area contributed by atoms with Crippen molar-refractivity contribution in [2.75, 3.05) is 0 Å². The Bertz CT molecular complexity index is 833. The molecule has 1 aliphatic rings. The first-order chi connectivity index (χ1) is 11.5. The normalized spacial score (nSPS) is 18.3. The molecule has 0 spiro atoms. The fourth-order valence-electron chi connectivity index (χ4n) is 2.75. The lowest BCUT2D eigenvalue weighted by atomic mass is 9.87. The highest BCUT2D eigenvalue weighted by atomic mass is 35.5. The minimum atomic E-state index is 0.0698. The largest absolute Gasteiger partial charge is 0.508 e. The van der Waals surface area contributed by atoms with Gasteiger partial charge < -0.3 is 5.11 Å². The van der Waals surface area contributed by atoms with Crippen molar-refractivity contribution >= 4 is 41.1 Å². The molecule has 0 heterocycles. The number of allylic oxidation sites excluding steroid dienone is 2. The van der Waals surface area contributed by atoms with Gasteiger partial charge in [0.25, 0.3) is 0 Å². The number of Topliss-reactive ketones (excluding diaryl/α,β-unsaturated/α-hetero) is 1. The summed E-state index contributed by atoms with van der Waals surface area (Å²) in [5.41, 5.74) is 3.36. The van der Waals surface area contributed by atoms with E-state index in [1.165, 1.54) is 0 Å². The molecular formula is C20H16Cl2O2. The van der Waals surface area contributed by atoms with Crippen LogP contribution in [0, 0.1) is 0 Å². The molecule has 1 saturated carbocycles. The summed E-state index contributed by atoms with van der Waals surface area (Å²) in [6, 6.07) is 12.2. The minimum absolute atomic E-state index is 0.0698. The fraction of sp³-hybridized carbons (Fsp3) is 0.150. The van der Waals surface area contributed by atoms with Gasteiger partial charge in [0.2, 0.25) is 0 Å². The number of benzene rings is 2. The molecule has 0 unspecified atom stereocenters. The molecule has 0 radical (unpaired) electrons. The van der Waals surface area contributed by atoms with E-state index < -0.39 is 0 Å². The van der Waals surface area contributed by atoms with Crippen molar-refractivity contribution in [3.8, 4) is 5.75 Å². The number of halogens is 2. The molecule has 24 heavy (non-hydrogen) atoms. The van der Waals surface area contributed by atoms with Crippen molar-refractivity contribution in [1.29, 1.82) is 0 Å². The average Bonchev–Trinajstić information content (AvgIpc) is 2.57. The molecule has 1 fully saturated rings. The number of phenols is 1. The summed E-state index contributed by atoms with van der Waals surface area (Å²) in [6.45, 7) is 0. The van der Waals surface area contributed by atoms with Gasteiger partial charge in [-0.1, -0.05) is 41.4 Å². The molecular weight excluding hydrogens is 343 g/mol. The Morgan fingerprint density at radius 1 is 0.833 bits per heavy atom. The lowest BCUT2D eigenvalue weighted by molar-refractivity contribution is -0.112. The molecule has 122 valence electrons. The molecule has 1 aliphatic carbocycles. The third-order valence-electron chi connectivity index (χ3n) is 3.99. The Balaban J connectivity index is 1.88. The Morgan fingerprint density at radius 2 is 1.42 bits per heavy atom. The summed E-state index contributed by atoms with van der Waals surface area (Å²) in [5.74, 6) is 0.285. The molecule has 2 nitrogen and oxygen atoms in total.